The first-order chi connectivity index (χ1) is 9.90. The zero-order valence-electron chi connectivity index (χ0n) is 11.0. The maximum Gasteiger partial charge on any atom is 0.307 e. The third-order valence-electron chi connectivity index (χ3n) is 3.68. The van der Waals surface area contributed by atoms with E-state index in [0.29, 0.717) is 18.9 Å². The molecule has 0 aliphatic heterocycles. The number of carbonyl (C=O) groups excluding carboxylic acids is 1. The van der Waals surface area contributed by atoms with Crippen LogP contribution in [0.15, 0.2) is 12.1 Å². The Morgan fingerprint density at radius 1 is 1.19 bits per heavy atom. The van der Waals surface area contributed by atoms with E-state index in [0.717, 1.165) is 18.9 Å². The molecule has 0 saturated heterocycles. The van der Waals surface area contributed by atoms with E-state index >= 15 is 0 Å². The Morgan fingerprint density at radius 3 is 2.38 bits per heavy atom. The highest BCUT2D eigenvalue weighted by atomic mass is 35.5. The fraction of sp³-hybridized carbons (Fsp3) is 0.429. The molecule has 1 aliphatic rings. The summed E-state index contributed by atoms with van der Waals surface area (Å²) in [7, 11) is 0. The highest BCUT2D eigenvalue weighted by Crippen LogP contribution is 2.33. The Hall–Kier alpha value is -1.69. The van der Waals surface area contributed by atoms with Crippen LogP contribution in [0.2, 0.25) is 5.02 Å². The smallest absolute Gasteiger partial charge is 0.307 e. The first-order valence-electron chi connectivity index (χ1n) is 6.58. The lowest BCUT2D eigenvalue weighted by Crippen LogP contribution is -2.36. The van der Waals surface area contributed by atoms with Crippen molar-refractivity contribution < 1.29 is 23.5 Å². The van der Waals surface area contributed by atoms with Crippen molar-refractivity contribution in [1.82, 2.24) is 0 Å². The summed E-state index contributed by atoms with van der Waals surface area (Å²) >= 11 is 5.71. The number of amides is 1. The molecule has 1 saturated carbocycles. The van der Waals surface area contributed by atoms with Gasteiger partial charge in [0.25, 0.3) is 0 Å². The molecule has 2 rings (SSSR count). The molecule has 0 heterocycles. The Labute approximate surface area is 125 Å². The van der Waals surface area contributed by atoms with Crippen LogP contribution in [0.4, 0.5) is 14.5 Å². The van der Waals surface area contributed by atoms with Gasteiger partial charge in [-0.05, 0) is 18.9 Å². The Bertz CT molecular complexity index is 556. The van der Waals surface area contributed by atoms with Gasteiger partial charge in [-0.15, -0.1) is 0 Å². The van der Waals surface area contributed by atoms with Crippen molar-refractivity contribution in [2.75, 3.05) is 5.32 Å². The van der Waals surface area contributed by atoms with Crippen molar-refractivity contribution in [3.63, 3.8) is 0 Å². The van der Waals surface area contributed by atoms with Gasteiger partial charge in [0.05, 0.1) is 22.5 Å². The molecule has 2 unspecified atom stereocenters. The maximum absolute atomic E-state index is 13.6. The predicted octanol–water partition coefficient (Wildman–Crippen LogP) is 3.45. The van der Waals surface area contributed by atoms with Gasteiger partial charge in [0.2, 0.25) is 5.91 Å². The van der Waals surface area contributed by atoms with Crippen molar-refractivity contribution in [3.8, 4) is 0 Å². The lowest BCUT2D eigenvalue weighted by atomic mass is 9.78. The van der Waals surface area contributed by atoms with E-state index in [1.165, 1.54) is 0 Å². The van der Waals surface area contributed by atoms with Gasteiger partial charge in [-0.1, -0.05) is 24.4 Å². The monoisotopic (exact) mass is 317 g/mol. The molecular weight excluding hydrogens is 304 g/mol. The second-order valence-electron chi connectivity index (χ2n) is 5.07. The second-order valence-corrected chi connectivity index (χ2v) is 5.48. The van der Waals surface area contributed by atoms with Crippen LogP contribution in [0.3, 0.4) is 0 Å². The molecule has 1 fully saturated rings. The Morgan fingerprint density at radius 2 is 1.81 bits per heavy atom. The molecule has 1 aromatic rings. The van der Waals surface area contributed by atoms with Gasteiger partial charge in [0.15, 0.2) is 5.82 Å². The molecule has 114 valence electrons. The second kappa shape index (κ2) is 6.39. The summed E-state index contributed by atoms with van der Waals surface area (Å²) < 4.78 is 26.6. The highest BCUT2D eigenvalue weighted by molar-refractivity contribution is 6.33. The molecular formula is C14H14ClF2NO3. The molecule has 0 radical (unpaired) electrons. The summed E-state index contributed by atoms with van der Waals surface area (Å²) in [5, 5.41) is 11.2. The number of carboxylic acid groups (broad SMARTS) is 1. The molecule has 1 amide bonds. The number of aliphatic carboxylic acids is 1. The largest absolute Gasteiger partial charge is 0.481 e. The molecule has 0 bridgehead atoms. The van der Waals surface area contributed by atoms with E-state index in [-0.39, 0.29) is 10.7 Å². The number of hydrogen-bond donors (Lipinski definition) is 2. The van der Waals surface area contributed by atoms with Crippen LogP contribution >= 0.6 is 11.6 Å². The predicted molar refractivity (Wildman–Crippen MR) is 73.1 cm³/mol. The normalized spacial score (nSPS) is 21.9. The van der Waals surface area contributed by atoms with E-state index in [9.17, 15) is 18.4 Å². The molecule has 0 aromatic heterocycles. The van der Waals surface area contributed by atoms with Crippen LogP contribution < -0.4 is 5.32 Å². The summed E-state index contributed by atoms with van der Waals surface area (Å²) in [6.45, 7) is 0. The Balaban J connectivity index is 2.19. The molecule has 1 aromatic carbocycles. The van der Waals surface area contributed by atoms with Crippen molar-refractivity contribution >= 4 is 29.2 Å². The molecule has 4 nitrogen and oxygen atoms in total. The van der Waals surface area contributed by atoms with Gasteiger partial charge in [-0.2, -0.15) is 0 Å². The average Bonchev–Trinajstić information content (AvgIpc) is 2.42. The van der Waals surface area contributed by atoms with E-state index in [1.54, 1.807) is 0 Å². The number of halogens is 3. The number of carbonyl (C=O) groups is 2. The minimum Gasteiger partial charge on any atom is -0.481 e. The van der Waals surface area contributed by atoms with Crippen LogP contribution in [0.1, 0.15) is 25.7 Å². The van der Waals surface area contributed by atoms with Crippen LogP contribution in [0, 0.1) is 23.5 Å². The van der Waals surface area contributed by atoms with E-state index in [4.69, 9.17) is 16.7 Å². The molecule has 1 aliphatic carbocycles. The zero-order valence-corrected chi connectivity index (χ0v) is 11.8. The highest BCUT2D eigenvalue weighted by Gasteiger charge is 2.36. The fourth-order valence-corrected chi connectivity index (χ4v) is 2.86. The molecule has 7 heteroatoms. The van der Waals surface area contributed by atoms with Gasteiger partial charge < -0.3 is 10.4 Å². The lowest BCUT2D eigenvalue weighted by molar-refractivity contribution is -0.147. The maximum atomic E-state index is 13.6. The third kappa shape index (κ3) is 3.50. The minimum absolute atomic E-state index is 0.261. The summed E-state index contributed by atoms with van der Waals surface area (Å²) in [6.07, 6.45) is 2.31. The van der Waals surface area contributed by atoms with Gasteiger partial charge in [-0.25, -0.2) is 8.78 Å². The average molecular weight is 318 g/mol. The first-order valence-corrected chi connectivity index (χ1v) is 6.96. The van der Waals surface area contributed by atoms with Crippen molar-refractivity contribution in [2.24, 2.45) is 11.8 Å². The number of benzene rings is 1. The lowest BCUT2D eigenvalue weighted by Gasteiger charge is -2.27. The fourth-order valence-electron chi connectivity index (χ4n) is 2.62. The van der Waals surface area contributed by atoms with E-state index < -0.39 is 35.3 Å². The standard InChI is InChI=1S/C14H14ClF2NO3/c15-10-5-7(16)6-11(17)12(10)18-13(19)8-3-1-2-4-9(8)14(20)21/h5-6,8-9H,1-4H2,(H,18,19)(H,20,21). The van der Waals surface area contributed by atoms with Gasteiger partial charge >= 0.3 is 5.97 Å². The van der Waals surface area contributed by atoms with Crippen LogP contribution in [-0.2, 0) is 9.59 Å². The van der Waals surface area contributed by atoms with E-state index in [2.05, 4.69) is 5.32 Å². The summed E-state index contributed by atoms with van der Waals surface area (Å²) in [6, 6.07) is 1.49. The van der Waals surface area contributed by atoms with Crippen LogP contribution in [0.5, 0.6) is 0 Å². The Kier molecular flexibility index (Phi) is 4.77. The number of hydrogen-bond acceptors (Lipinski definition) is 2. The first kappa shape index (κ1) is 15.7. The SMILES string of the molecule is O=C(O)C1CCCCC1C(=O)Nc1c(F)cc(F)cc1Cl. The molecule has 21 heavy (non-hydrogen) atoms. The molecule has 2 N–H and O–H groups in total. The third-order valence-corrected chi connectivity index (χ3v) is 3.97. The van der Waals surface area contributed by atoms with Crippen molar-refractivity contribution in [1.29, 1.82) is 0 Å². The quantitative estimate of drug-likeness (QED) is 0.897. The van der Waals surface area contributed by atoms with Gasteiger partial charge in [-0.3, -0.25) is 9.59 Å². The van der Waals surface area contributed by atoms with Crippen LogP contribution in [0.25, 0.3) is 0 Å². The number of nitrogens with one attached hydrogen (secondary N) is 1. The van der Waals surface area contributed by atoms with Crippen molar-refractivity contribution in [3.05, 3.63) is 28.8 Å². The molecule has 2 atom stereocenters. The topological polar surface area (TPSA) is 66.4 Å². The van der Waals surface area contributed by atoms with Crippen molar-refractivity contribution in [2.45, 2.75) is 25.7 Å². The number of rotatable bonds is 3. The summed E-state index contributed by atoms with van der Waals surface area (Å²) in [5.74, 6) is -5.01. The number of anilines is 1. The summed E-state index contributed by atoms with van der Waals surface area (Å²) in [4.78, 5) is 23.3. The minimum atomic E-state index is -1.04. The van der Waals surface area contributed by atoms with E-state index in [1.807, 2.05) is 0 Å². The van der Waals surface area contributed by atoms with Gasteiger partial charge in [0, 0.05) is 6.07 Å². The van der Waals surface area contributed by atoms with Crippen LogP contribution in [-0.4, -0.2) is 17.0 Å². The number of carboxylic acids is 1. The molecule has 0 spiro atoms. The van der Waals surface area contributed by atoms with Gasteiger partial charge in [0.1, 0.15) is 5.82 Å². The summed E-state index contributed by atoms with van der Waals surface area (Å²) in [5.41, 5.74) is -0.322. The zero-order chi connectivity index (χ0) is 15.6.